The number of rotatable bonds is 6. The van der Waals surface area contributed by atoms with Crippen molar-refractivity contribution in [3.05, 3.63) is 0 Å². The van der Waals surface area contributed by atoms with Gasteiger partial charge in [-0.1, -0.05) is 6.92 Å². The quantitative estimate of drug-likeness (QED) is 0.699. The lowest BCUT2D eigenvalue weighted by molar-refractivity contribution is -0.153. The third-order valence-electron chi connectivity index (χ3n) is 3.93. The van der Waals surface area contributed by atoms with Crippen molar-refractivity contribution in [3.8, 4) is 0 Å². The Labute approximate surface area is 121 Å². The molecule has 3 unspecified atom stereocenters. The highest BCUT2D eigenvalue weighted by atomic mass is 16.5. The van der Waals surface area contributed by atoms with Gasteiger partial charge < -0.3 is 9.47 Å². The summed E-state index contributed by atoms with van der Waals surface area (Å²) in [5, 5.41) is 0. The monoisotopic (exact) mass is 285 g/mol. The number of carbonyl (C=O) groups excluding carboxylic acids is 2. The van der Waals surface area contributed by atoms with E-state index in [4.69, 9.17) is 9.47 Å². The Kier molecular flexibility index (Phi) is 6.99. The van der Waals surface area contributed by atoms with Gasteiger partial charge in [-0.25, -0.2) is 0 Å². The van der Waals surface area contributed by atoms with Crippen LogP contribution in [0.15, 0.2) is 0 Å². The molecule has 0 spiro atoms. The fourth-order valence-electron chi connectivity index (χ4n) is 2.96. The first-order chi connectivity index (χ1) is 9.53. The molecule has 0 aliphatic carbocycles. The van der Waals surface area contributed by atoms with Gasteiger partial charge in [-0.2, -0.15) is 0 Å². The van der Waals surface area contributed by atoms with Gasteiger partial charge >= 0.3 is 11.9 Å². The van der Waals surface area contributed by atoms with E-state index in [9.17, 15) is 9.59 Å². The molecule has 20 heavy (non-hydrogen) atoms. The molecule has 1 heterocycles. The topological polar surface area (TPSA) is 55.8 Å². The van der Waals surface area contributed by atoms with E-state index in [1.165, 1.54) is 0 Å². The predicted molar refractivity (Wildman–Crippen MR) is 76.2 cm³/mol. The minimum atomic E-state index is -0.188. The molecule has 0 aromatic heterocycles. The van der Waals surface area contributed by atoms with Gasteiger partial charge in [0.2, 0.25) is 0 Å². The van der Waals surface area contributed by atoms with Crippen molar-refractivity contribution in [1.29, 1.82) is 0 Å². The third kappa shape index (κ3) is 4.47. The fourth-order valence-corrected chi connectivity index (χ4v) is 2.96. The molecule has 0 N–H and O–H groups in total. The highest BCUT2D eigenvalue weighted by molar-refractivity contribution is 5.73. The summed E-state index contributed by atoms with van der Waals surface area (Å²) >= 11 is 0. The maximum atomic E-state index is 11.9. The summed E-state index contributed by atoms with van der Waals surface area (Å²) in [5.41, 5.74) is 0. The maximum Gasteiger partial charge on any atom is 0.320 e. The zero-order chi connectivity index (χ0) is 15.1. The van der Waals surface area contributed by atoms with Gasteiger partial charge in [0, 0.05) is 12.1 Å². The third-order valence-corrected chi connectivity index (χ3v) is 3.93. The van der Waals surface area contributed by atoms with Gasteiger partial charge in [-0.15, -0.1) is 0 Å². The first-order valence-electron chi connectivity index (χ1n) is 7.61. The number of carbonyl (C=O) groups is 2. The lowest BCUT2D eigenvalue weighted by Crippen LogP contribution is -2.51. The minimum Gasteiger partial charge on any atom is -0.466 e. The minimum absolute atomic E-state index is 0.0478. The van der Waals surface area contributed by atoms with Crippen molar-refractivity contribution in [2.24, 2.45) is 5.92 Å². The van der Waals surface area contributed by atoms with Gasteiger partial charge in [0.15, 0.2) is 0 Å². The summed E-state index contributed by atoms with van der Waals surface area (Å²) in [6.07, 6.45) is 2.42. The van der Waals surface area contributed by atoms with E-state index in [1.807, 2.05) is 13.8 Å². The molecule has 0 saturated carbocycles. The van der Waals surface area contributed by atoms with Crippen molar-refractivity contribution in [1.82, 2.24) is 4.90 Å². The molecule has 1 aliphatic heterocycles. The molecule has 1 saturated heterocycles. The van der Waals surface area contributed by atoms with Gasteiger partial charge in [0.25, 0.3) is 0 Å². The first kappa shape index (κ1) is 17.0. The molecule has 0 aromatic rings. The molecule has 5 nitrogen and oxygen atoms in total. The van der Waals surface area contributed by atoms with Crippen LogP contribution in [0.4, 0.5) is 0 Å². The Bertz CT molecular complexity index is 332. The SMILES string of the molecule is CCOC(=O)CN1C(C)CC(C(=O)OCC)CC1CC. The molecule has 3 atom stereocenters. The molecule has 116 valence electrons. The van der Waals surface area contributed by atoms with Gasteiger partial charge in [0.1, 0.15) is 0 Å². The predicted octanol–water partition coefficient (Wildman–Crippen LogP) is 1.99. The largest absolute Gasteiger partial charge is 0.466 e. The Morgan fingerprint density at radius 2 is 1.75 bits per heavy atom. The molecular weight excluding hydrogens is 258 g/mol. The average molecular weight is 285 g/mol. The molecule has 5 heteroatoms. The van der Waals surface area contributed by atoms with Crippen LogP contribution >= 0.6 is 0 Å². The molecular formula is C15H27NO4. The van der Waals surface area contributed by atoms with Crippen molar-refractivity contribution >= 4 is 11.9 Å². The lowest BCUT2D eigenvalue weighted by Gasteiger charge is -2.42. The van der Waals surface area contributed by atoms with E-state index in [2.05, 4.69) is 18.7 Å². The van der Waals surface area contributed by atoms with Gasteiger partial charge in [0.05, 0.1) is 25.7 Å². The normalized spacial score (nSPS) is 27.1. The maximum absolute atomic E-state index is 11.9. The highest BCUT2D eigenvalue weighted by Crippen LogP contribution is 2.30. The van der Waals surface area contributed by atoms with Crippen molar-refractivity contribution < 1.29 is 19.1 Å². The van der Waals surface area contributed by atoms with Gasteiger partial charge in [-0.3, -0.25) is 14.5 Å². The van der Waals surface area contributed by atoms with Crippen LogP contribution in [-0.2, 0) is 19.1 Å². The van der Waals surface area contributed by atoms with Crippen LogP contribution in [0.25, 0.3) is 0 Å². The number of likely N-dealkylation sites (tertiary alicyclic amines) is 1. The van der Waals surface area contributed by atoms with E-state index in [0.29, 0.717) is 19.8 Å². The second kappa shape index (κ2) is 8.25. The Balaban J connectivity index is 2.66. The Hall–Kier alpha value is -1.10. The van der Waals surface area contributed by atoms with Crippen molar-refractivity contribution in [3.63, 3.8) is 0 Å². The first-order valence-corrected chi connectivity index (χ1v) is 7.61. The van der Waals surface area contributed by atoms with E-state index in [0.717, 1.165) is 19.3 Å². The van der Waals surface area contributed by atoms with Gasteiger partial charge in [-0.05, 0) is 40.0 Å². The Morgan fingerprint density at radius 1 is 1.10 bits per heavy atom. The summed E-state index contributed by atoms with van der Waals surface area (Å²) in [6, 6.07) is 0.421. The second-order valence-corrected chi connectivity index (χ2v) is 5.31. The summed E-state index contributed by atoms with van der Waals surface area (Å²) in [4.78, 5) is 25.7. The molecule has 0 radical (unpaired) electrons. The van der Waals surface area contributed by atoms with E-state index >= 15 is 0 Å². The molecule has 0 amide bonds. The number of esters is 2. The second-order valence-electron chi connectivity index (χ2n) is 5.31. The van der Waals surface area contributed by atoms with Crippen LogP contribution in [0, 0.1) is 5.92 Å². The number of piperidine rings is 1. The smallest absolute Gasteiger partial charge is 0.320 e. The van der Waals surface area contributed by atoms with Crippen LogP contribution in [0.1, 0.15) is 47.0 Å². The number of ether oxygens (including phenoxy) is 2. The van der Waals surface area contributed by atoms with Crippen LogP contribution < -0.4 is 0 Å². The lowest BCUT2D eigenvalue weighted by atomic mass is 9.85. The molecule has 1 rings (SSSR count). The highest BCUT2D eigenvalue weighted by Gasteiger charge is 2.37. The number of hydrogen-bond acceptors (Lipinski definition) is 5. The van der Waals surface area contributed by atoms with E-state index in [1.54, 1.807) is 0 Å². The fraction of sp³-hybridized carbons (Fsp3) is 0.867. The average Bonchev–Trinajstić information content (AvgIpc) is 2.41. The van der Waals surface area contributed by atoms with Crippen molar-refractivity contribution in [2.45, 2.75) is 59.0 Å². The molecule has 1 aliphatic rings. The summed E-state index contributed by atoms with van der Waals surface area (Å²) in [7, 11) is 0. The zero-order valence-electron chi connectivity index (χ0n) is 13.1. The standard InChI is InChI=1S/C15H27NO4/c1-5-13-9-12(15(18)20-7-3)8-11(4)16(13)10-14(17)19-6-2/h11-13H,5-10H2,1-4H3. The van der Waals surface area contributed by atoms with Crippen molar-refractivity contribution in [2.75, 3.05) is 19.8 Å². The molecule has 1 fully saturated rings. The molecule has 0 bridgehead atoms. The van der Waals surface area contributed by atoms with Crippen LogP contribution in [-0.4, -0.2) is 48.7 Å². The number of hydrogen-bond donors (Lipinski definition) is 0. The zero-order valence-corrected chi connectivity index (χ0v) is 13.1. The van der Waals surface area contributed by atoms with E-state index < -0.39 is 0 Å². The summed E-state index contributed by atoms with van der Waals surface area (Å²) < 4.78 is 10.2. The number of nitrogens with zero attached hydrogens (tertiary/aromatic N) is 1. The molecule has 0 aromatic carbocycles. The summed E-state index contributed by atoms with van der Waals surface area (Å²) in [5.74, 6) is -0.339. The van der Waals surface area contributed by atoms with Crippen LogP contribution in [0.5, 0.6) is 0 Å². The Morgan fingerprint density at radius 3 is 2.30 bits per heavy atom. The summed E-state index contributed by atoms with van der Waals surface area (Å²) in [6.45, 7) is 8.93. The van der Waals surface area contributed by atoms with E-state index in [-0.39, 0.29) is 29.9 Å². The van der Waals surface area contributed by atoms with Crippen LogP contribution in [0.3, 0.4) is 0 Å². The van der Waals surface area contributed by atoms with Crippen LogP contribution in [0.2, 0.25) is 0 Å².